The number of hydrogen-bond donors (Lipinski definition) is 2. The van der Waals surface area contributed by atoms with E-state index < -0.39 is 5.91 Å². The molecule has 0 aliphatic rings. The Labute approximate surface area is 83.1 Å². The zero-order valence-corrected chi connectivity index (χ0v) is 8.31. The molecule has 5 heteroatoms. The van der Waals surface area contributed by atoms with Crippen LogP contribution in [0.2, 0.25) is 0 Å². The molecule has 1 aromatic heterocycles. The molecule has 0 aromatic carbocycles. The quantitative estimate of drug-likeness (QED) is 0.709. The molecular formula is C9H16N4O. The van der Waals surface area contributed by atoms with Crippen molar-refractivity contribution in [3.8, 4) is 0 Å². The van der Waals surface area contributed by atoms with Crippen molar-refractivity contribution >= 4 is 5.91 Å². The maximum atomic E-state index is 10.8. The van der Waals surface area contributed by atoms with Gasteiger partial charge in [0.15, 0.2) is 0 Å². The summed E-state index contributed by atoms with van der Waals surface area (Å²) < 4.78 is 1.76. The standard InChI is InChI=1S/C9H16N4O/c1-2-8(3-4-10)13-6-7(5-12-13)9(11)14/h5-6,8H,2-4,10H2,1H3,(H2,11,14). The van der Waals surface area contributed by atoms with Crippen LogP contribution in [0.5, 0.6) is 0 Å². The lowest BCUT2D eigenvalue weighted by molar-refractivity contribution is 0.1000. The molecule has 78 valence electrons. The molecule has 14 heavy (non-hydrogen) atoms. The lowest BCUT2D eigenvalue weighted by Gasteiger charge is -2.13. The number of amides is 1. The highest BCUT2D eigenvalue weighted by molar-refractivity contribution is 5.92. The normalized spacial score (nSPS) is 12.7. The fraction of sp³-hybridized carbons (Fsp3) is 0.556. The number of primary amides is 1. The van der Waals surface area contributed by atoms with E-state index in [1.165, 1.54) is 6.20 Å². The molecule has 1 amide bonds. The van der Waals surface area contributed by atoms with E-state index in [1.54, 1.807) is 10.9 Å². The van der Waals surface area contributed by atoms with Gasteiger partial charge in [0, 0.05) is 6.20 Å². The second-order valence-corrected chi connectivity index (χ2v) is 3.21. The maximum absolute atomic E-state index is 10.8. The number of carbonyl (C=O) groups excluding carboxylic acids is 1. The van der Waals surface area contributed by atoms with E-state index in [1.807, 2.05) is 0 Å². The van der Waals surface area contributed by atoms with Crippen molar-refractivity contribution in [2.75, 3.05) is 6.54 Å². The largest absolute Gasteiger partial charge is 0.366 e. The Bertz CT molecular complexity index is 308. The predicted octanol–water partition coefficient (Wildman–Crippen LogP) is 0.282. The lowest BCUT2D eigenvalue weighted by atomic mass is 10.1. The van der Waals surface area contributed by atoms with Crippen LogP contribution in [0.15, 0.2) is 12.4 Å². The number of rotatable bonds is 5. The highest BCUT2D eigenvalue weighted by atomic mass is 16.1. The molecule has 0 saturated heterocycles. The zero-order valence-electron chi connectivity index (χ0n) is 8.31. The molecule has 1 unspecified atom stereocenters. The first-order valence-corrected chi connectivity index (χ1v) is 4.73. The molecule has 0 aliphatic carbocycles. The summed E-state index contributed by atoms with van der Waals surface area (Å²) >= 11 is 0. The van der Waals surface area contributed by atoms with E-state index in [2.05, 4.69) is 12.0 Å². The van der Waals surface area contributed by atoms with Crippen molar-refractivity contribution in [3.05, 3.63) is 18.0 Å². The summed E-state index contributed by atoms with van der Waals surface area (Å²) in [6.45, 7) is 2.68. The van der Waals surface area contributed by atoms with Crippen LogP contribution in [-0.4, -0.2) is 22.2 Å². The molecule has 1 rings (SSSR count). The molecule has 0 spiro atoms. The molecule has 1 atom stereocenters. The number of nitrogens with zero attached hydrogens (tertiary/aromatic N) is 2. The van der Waals surface area contributed by atoms with E-state index in [9.17, 15) is 4.79 Å². The fourth-order valence-corrected chi connectivity index (χ4v) is 1.38. The van der Waals surface area contributed by atoms with Gasteiger partial charge in [-0.2, -0.15) is 5.10 Å². The van der Waals surface area contributed by atoms with Crippen LogP contribution >= 0.6 is 0 Å². The highest BCUT2D eigenvalue weighted by Gasteiger charge is 2.10. The molecule has 0 fully saturated rings. The van der Waals surface area contributed by atoms with Crippen molar-refractivity contribution in [1.82, 2.24) is 9.78 Å². The van der Waals surface area contributed by atoms with Gasteiger partial charge in [-0.1, -0.05) is 6.92 Å². The number of aromatic nitrogens is 2. The third kappa shape index (κ3) is 2.32. The highest BCUT2D eigenvalue weighted by Crippen LogP contribution is 2.14. The molecular weight excluding hydrogens is 180 g/mol. The predicted molar refractivity (Wildman–Crippen MR) is 53.7 cm³/mol. The smallest absolute Gasteiger partial charge is 0.251 e. The van der Waals surface area contributed by atoms with Gasteiger partial charge in [0.25, 0.3) is 5.91 Å². The van der Waals surface area contributed by atoms with Crippen molar-refractivity contribution in [2.24, 2.45) is 11.5 Å². The van der Waals surface area contributed by atoms with Crippen LogP contribution in [0.25, 0.3) is 0 Å². The van der Waals surface area contributed by atoms with Gasteiger partial charge in [-0.05, 0) is 19.4 Å². The van der Waals surface area contributed by atoms with Gasteiger partial charge in [0.1, 0.15) is 0 Å². The Morgan fingerprint density at radius 2 is 2.43 bits per heavy atom. The number of nitrogens with two attached hydrogens (primary N) is 2. The molecule has 5 nitrogen and oxygen atoms in total. The number of hydrogen-bond acceptors (Lipinski definition) is 3. The summed E-state index contributed by atoms with van der Waals surface area (Å²) in [5.74, 6) is -0.446. The van der Waals surface area contributed by atoms with Crippen molar-refractivity contribution < 1.29 is 4.79 Å². The van der Waals surface area contributed by atoms with Gasteiger partial charge >= 0.3 is 0 Å². The topological polar surface area (TPSA) is 86.9 Å². The SMILES string of the molecule is CCC(CCN)n1cc(C(N)=O)cn1. The minimum absolute atomic E-state index is 0.257. The summed E-state index contributed by atoms with van der Waals surface area (Å²) in [6, 6.07) is 0.257. The minimum Gasteiger partial charge on any atom is -0.366 e. The zero-order chi connectivity index (χ0) is 10.6. The van der Waals surface area contributed by atoms with E-state index in [4.69, 9.17) is 11.5 Å². The van der Waals surface area contributed by atoms with Crippen LogP contribution in [0.3, 0.4) is 0 Å². The maximum Gasteiger partial charge on any atom is 0.251 e. The Kier molecular flexibility index (Phi) is 3.64. The monoisotopic (exact) mass is 196 g/mol. The lowest BCUT2D eigenvalue weighted by Crippen LogP contribution is -2.14. The summed E-state index contributed by atoms with van der Waals surface area (Å²) in [5, 5.41) is 4.09. The van der Waals surface area contributed by atoms with Gasteiger partial charge in [0.05, 0.1) is 17.8 Å². The Hall–Kier alpha value is -1.36. The Morgan fingerprint density at radius 3 is 2.86 bits per heavy atom. The van der Waals surface area contributed by atoms with E-state index in [0.717, 1.165) is 12.8 Å². The second kappa shape index (κ2) is 4.76. The first kappa shape index (κ1) is 10.7. The van der Waals surface area contributed by atoms with Gasteiger partial charge in [0.2, 0.25) is 0 Å². The summed E-state index contributed by atoms with van der Waals surface area (Å²) in [4.78, 5) is 10.8. The van der Waals surface area contributed by atoms with Crippen LogP contribution in [-0.2, 0) is 0 Å². The van der Waals surface area contributed by atoms with Crippen LogP contribution < -0.4 is 11.5 Å². The molecule has 0 bridgehead atoms. The summed E-state index contributed by atoms with van der Waals surface area (Å²) in [5.41, 5.74) is 11.0. The first-order chi connectivity index (χ1) is 6.69. The Balaban J connectivity index is 2.78. The van der Waals surface area contributed by atoms with E-state index >= 15 is 0 Å². The third-order valence-electron chi connectivity index (χ3n) is 2.23. The van der Waals surface area contributed by atoms with E-state index in [0.29, 0.717) is 12.1 Å². The van der Waals surface area contributed by atoms with Gasteiger partial charge in [-0.3, -0.25) is 9.48 Å². The van der Waals surface area contributed by atoms with Gasteiger partial charge in [-0.25, -0.2) is 0 Å². The van der Waals surface area contributed by atoms with Crippen LogP contribution in [0.4, 0.5) is 0 Å². The van der Waals surface area contributed by atoms with Gasteiger partial charge in [-0.15, -0.1) is 0 Å². The average molecular weight is 196 g/mol. The van der Waals surface area contributed by atoms with Crippen LogP contribution in [0.1, 0.15) is 36.2 Å². The van der Waals surface area contributed by atoms with Gasteiger partial charge < -0.3 is 11.5 Å². The number of carbonyl (C=O) groups is 1. The third-order valence-corrected chi connectivity index (χ3v) is 2.23. The van der Waals surface area contributed by atoms with Crippen LogP contribution in [0, 0.1) is 0 Å². The molecule has 4 N–H and O–H groups in total. The molecule has 0 aliphatic heterocycles. The minimum atomic E-state index is -0.446. The molecule has 0 radical (unpaired) electrons. The fourth-order valence-electron chi connectivity index (χ4n) is 1.38. The Morgan fingerprint density at radius 1 is 1.71 bits per heavy atom. The first-order valence-electron chi connectivity index (χ1n) is 4.73. The molecule has 1 aromatic rings. The van der Waals surface area contributed by atoms with Crippen molar-refractivity contribution in [2.45, 2.75) is 25.8 Å². The second-order valence-electron chi connectivity index (χ2n) is 3.21. The van der Waals surface area contributed by atoms with E-state index in [-0.39, 0.29) is 6.04 Å². The van der Waals surface area contributed by atoms with Crippen molar-refractivity contribution in [1.29, 1.82) is 0 Å². The summed E-state index contributed by atoms with van der Waals surface area (Å²) in [7, 11) is 0. The average Bonchev–Trinajstić information content (AvgIpc) is 2.63. The molecule has 1 heterocycles. The summed E-state index contributed by atoms with van der Waals surface area (Å²) in [6.07, 6.45) is 4.96. The van der Waals surface area contributed by atoms with Crippen molar-refractivity contribution in [3.63, 3.8) is 0 Å². The molecule has 0 saturated carbocycles.